The van der Waals surface area contributed by atoms with E-state index in [0.717, 1.165) is 41.9 Å². The number of hydrogen-bond donors (Lipinski definition) is 0. The second-order valence-corrected chi connectivity index (χ2v) is 8.49. The van der Waals surface area contributed by atoms with Crippen molar-refractivity contribution in [2.75, 3.05) is 0 Å². The van der Waals surface area contributed by atoms with Crippen molar-refractivity contribution in [2.24, 2.45) is 5.41 Å². The van der Waals surface area contributed by atoms with E-state index in [-0.39, 0.29) is 5.78 Å². The lowest BCUT2D eigenvalue weighted by atomic mass is 9.66. The molecule has 2 aromatic rings. The van der Waals surface area contributed by atoms with E-state index in [1.54, 1.807) is 12.5 Å². The third kappa shape index (κ3) is 2.23. The average molecular weight is 380 g/mol. The fourth-order valence-corrected chi connectivity index (χ4v) is 4.72. The first-order chi connectivity index (χ1) is 13.4. The fraction of sp³-hybridized carbons (Fsp3) is 0.435. The van der Waals surface area contributed by atoms with Crippen molar-refractivity contribution in [1.82, 2.24) is 0 Å². The first-order valence-corrected chi connectivity index (χ1v) is 9.78. The van der Waals surface area contributed by atoms with Gasteiger partial charge in [0.15, 0.2) is 17.7 Å². The van der Waals surface area contributed by atoms with Crippen LogP contribution in [-0.4, -0.2) is 23.3 Å². The molecule has 3 aliphatic rings. The molecule has 0 unspecified atom stereocenters. The van der Waals surface area contributed by atoms with Gasteiger partial charge in [-0.05, 0) is 87.6 Å². The molecule has 2 aromatic heterocycles. The van der Waals surface area contributed by atoms with Crippen molar-refractivity contribution in [1.29, 1.82) is 0 Å². The van der Waals surface area contributed by atoms with Gasteiger partial charge < -0.3 is 18.3 Å². The van der Waals surface area contributed by atoms with Gasteiger partial charge in [-0.15, -0.1) is 0 Å². The van der Waals surface area contributed by atoms with Crippen molar-refractivity contribution in [3.05, 3.63) is 59.5 Å². The van der Waals surface area contributed by atoms with Crippen LogP contribution in [0.4, 0.5) is 0 Å². The lowest BCUT2D eigenvalue weighted by Gasteiger charge is -2.47. The van der Waals surface area contributed by atoms with Crippen LogP contribution in [0, 0.1) is 5.41 Å². The molecule has 3 fully saturated rings. The molecule has 0 amide bonds. The highest BCUT2D eigenvalue weighted by Crippen LogP contribution is 2.62. The Morgan fingerprint density at radius 3 is 1.96 bits per heavy atom. The SMILES string of the molecule is CC1(C)C(=O)[C@@H]2O[C@@]1(C)OC21/C(=C/c2ccco2)CCC/C1=C\c1ccco1. The van der Waals surface area contributed by atoms with Crippen LogP contribution >= 0.6 is 0 Å². The van der Waals surface area contributed by atoms with E-state index < -0.39 is 22.9 Å². The maximum absolute atomic E-state index is 13.4. The van der Waals surface area contributed by atoms with E-state index in [0.29, 0.717) is 0 Å². The maximum Gasteiger partial charge on any atom is 0.180 e. The highest BCUT2D eigenvalue weighted by molar-refractivity contribution is 5.95. The van der Waals surface area contributed by atoms with Crippen LogP contribution in [0.25, 0.3) is 12.2 Å². The first kappa shape index (κ1) is 17.7. The molecule has 2 bridgehead atoms. The minimum absolute atomic E-state index is 0.0823. The van der Waals surface area contributed by atoms with Crippen LogP contribution in [0.3, 0.4) is 0 Å². The molecule has 2 aliphatic heterocycles. The van der Waals surface area contributed by atoms with Crippen molar-refractivity contribution >= 4 is 17.9 Å². The summed E-state index contributed by atoms with van der Waals surface area (Å²) >= 11 is 0. The summed E-state index contributed by atoms with van der Waals surface area (Å²) in [5.74, 6) is 0.601. The molecule has 0 radical (unpaired) electrons. The molecule has 5 heteroatoms. The van der Waals surface area contributed by atoms with Crippen LogP contribution < -0.4 is 0 Å². The molecule has 28 heavy (non-hydrogen) atoms. The summed E-state index contributed by atoms with van der Waals surface area (Å²) in [6, 6.07) is 7.53. The Bertz CT molecular complexity index is 909. The molecule has 1 aliphatic carbocycles. The van der Waals surface area contributed by atoms with Gasteiger partial charge in [-0.1, -0.05) is 0 Å². The van der Waals surface area contributed by atoms with Gasteiger partial charge in [0.05, 0.1) is 17.9 Å². The number of rotatable bonds is 2. The Balaban J connectivity index is 1.70. The van der Waals surface area contributed by atoms with Crippen molar-refractivity contribution < 1.29 is 23.1 Å². The highest BCUT2D eigenvalue weighted by Gasteiger charge is 2.74. The number of furan rings is 2. The fourth-order valence-electron chi connectivity index (χ4n) is 4.72. The van der Waals surface area contributed by atoms with Crippen molar-refractivity contribution in [3.8, 4) is 0 Å². The largest absolute Gasteiger partial charge is 0.465 e. The molecular formula is C23H24O5. The monoisotopic (exact) mass is 380 g/mol. The zero-order valence-corrected chi connectivity index (χ0v) is 16.4. The number of hydrogen-bond acceptors (Lipinski definition) is 5. The molecule has 2 saturated heterocycles. The van der Waals surface area contributed by atoms with E-state index in [2.05, 4.69) is 0 Å². The van der Waals surface area contributed by atoms with Crippen LogP contribution in [-0.2, 0) is 14.3 Å². The number of ketones is 1. The Morgan fingerprint density at radius 1 is 0.964 bits per heavy atom. The number of carbonyl (C=O) groups is 1. The molecule has 0 N–H and O–H groups in total. The topological polar surface area (TPSA) is 61.8 Å². The van der Waals surface area contributed by atoms with Crippen LogP contribution in [0.1, 0.15) is 51.6 Å². The van der Waals surface area contributed by atoms with Crippen LogP contribution in [0.5, 0.6) is 0 Å². The molecule has 2 atom stereocenters. The predicted octanol–water partition coefficient (Wildman–Crippen LogP) is 5.00. The zero-order chi connectivity index (χ0) is 19.6. The molecular weight excluding hydrogens is 356 g/mol. The predicted molar refractivity (Wildman–Crippen MR) is 103 cm³/mol. The summed E-state index contributed by atoms with van der Waals surface area (Å²) < 4.78 is 24.1. The number of carbonyl (C=O) groups excluding carboxylic acids is 1. The van der Waals surface area contributed by atoms with E-state index in [9.17, 15) is 4.79 Å². The minimum atomic E-state index is -0.976. The van der Waals surface area contributed by atoms with E-state index in [4.69, 9.17) is 18.3 Å². The van der Waals surface area contributed by atoms with Gasteiger partial charge in [-0.2, -0.15) is 0 Å². The quantitative estimate of drug-likeness (QED) is 0.733. The van der Waals surface area contributed by atoms with Crippen molar-refractivity contribution in [3.63, 3.8) is 0 Å². The molecule has 1 spiro atoms. The van der Waals surface area contributed by atoms with Crippen LogP contribution in [0.2, 0.25) is 0 Å². The summed E-state index contributed by atoms with van der Waals surface area (Å²) in [6.07, 6.45) is 9.23. The Morgan fingerprint density at radius 2 is 1.54 bits per heavy atom. The number of ether oxygens (including phenoxy) is 2. The van der Waals surface area contributed by atoms with Gasteiger partial charge in [-0.3, -0.25) is 4.79 Å². The maximum atomic E-state index is 13.4. The summed E-state index contributed by atoms with van der Waals surface area (Å²) in [4.78, 5) is 13.4. The number of fused-ring (bicyclic) bond motifs is 3. The molecule has 146 valence electrons. The molecule has 5 rings (SSSR count). The summed E-state index contributed by atoms with van der Waals surface area (Å²) in [6.45, 7) is 5.68. The Labute approximate surface area is 164 Å². The second kappa shape index (κ2) is 5.82. The van der Waals surface area contributed by atoms with Gasteiger partial charge in [0.1, 0.15) is 17.1 Å². The summed E-state index contributed by atoms with van der Waals surface area (Å²) in [7, 11) is 0. The summed E-state index contributed by atoms with van der Waals surface area (Å²) in [5, 5.41) is 0. The van der Waals surface area contributed by atoms with Gasteiger partial charge in [0.2, 0.25) is 0 Å². The highest BCUT2D eigenvalue weighted by atomic mass is 16.8. The number of Topliss-reactive ketones (excluding diaryl/α,β-unsaturated/α-hetero) is 1. The standard InChI is InChI=1S/C23H24O5/c1-21(2)19(24)20-23(28-22(21,3)27-20)15(13-17-9-5-11-25-17)7-4-8-16(23)14-18-10-6-12-26-18/h5-6,9-14,20H,4,7-8H2,1-3H3/b15-13+,16-14+/t20-,22-/m0/s1. The molecule has 0 aromatic carbocycles. The molecule has 4 heterocycles. The lowest BCUT2D eigenvalue weighted by molar-refractivity contribution is -0.210. The van der Waals surface area contributed by atoms with Gasteiger partial charge in [0, 0.05) is 0 Å². The van der Waals surface area contributed by atoms with Gasteiger partial charge in [0.25, 0.3) is 0 Å². The molecule has 1 saturated carbocycles. The minimum Gasteiger partial charge on any atom is -0.465 e. The molecule has 5 nitrogen and oxygen atoms in total. The van der Waals surface area contributed by atoms with E-state index in [1.807, 2.05) is 57.2 Å². The third-order valence-corrected chi connectivity index (χ3v) is 6.62. The lowest BCUT2D eigenvalue weighted by Crippen LogP contribution is -2.59. The van der Waals surface area contributed by atoms with Crippen LogP contribution in [0.15, 0.2) is 56.8 Å². The Hall–Kier alpha value is -2.37. The zero-order valence-electron chi connectivity index (χ0n) is 16.4. The third-order valence-electron chi connectivity index (χ3n) is 6.62. The Kier molecular flexibility index (Phi) is 3.68. The van der Waals surface area contributed by atoms with Gasteiger partial charge in [-0.25, -0.2) is 0 Å². The normalized spacial score (nSPS) is 36.8. The smallest absolute Gasteiger partial charge is 0.180 e. The first-order valence-electron chi connectivity index (χ1n) is 9.78. The second-order valence-electron chi connectivity index (χ2n) is 8.49. The van der Waals surface area contributed by atoms with E-state index >= 15 is 0 Å². The summed E-state index contributed by atoms with van der Waals surface area (Å²) in [5.41, 5.74) is 0.415. The van der Waals surface area contributed by atoms with E-state index in [1.165, 1.54) is 0 Å². The van der Waals surface area contributed by atoms with Crippen molar-refractivity contribution in [2.45, 2.75) is 57.5 Å². The van der Waals surface area contributed by atoms with Gasteiger partial charge >= 0.3 is 0 Å². The average Bonchev–Trinajstić information content (AvgIpc) is 3.41.